The molecule has 1 aromatic rings. The van der Waals surface area contributed by atoms with Gasteiger partial charge in [0.25, 0.3) is 0 Å². The van der Waals surface area contributed by atoms with Gasteiger partial charge in [-0.25, -0.2) is 0 Å². The molecule has 0 aromatic heterocycles. The first-order chi connectivity index (χ1) is 5.62. The van der Waals surface area contributed by atoms with E-state index >= 15 is 0 Å². The third-order valence-electron chi connectivity index (χ3n) is 3.08. The summed E-state index contributed by atoms with van der Waals surface area (Å²) in [5, 5.41) is 0. The Morgan fingerprint density at radius 2 is 2.00 bits per heavy atom. The Morgan fingerprint density at radius 3 is 2.67 bits per heavy atom. The van der Waals surface area contributed by atoms with E-state index in [1.54, 1.807) is 0 Å². The van der Waals surface area contributed by atoms with Crippen LogP contribution in [0.1, 0.15) is 25.0 Å². The Hall–Kier alpha value is -0.820. The van der Waals surface area contributed by atoms with Crippen LogP contribution in [-0.4, -0.2) is 6.04 Å². The smallest absolute Gasteiger partial charge is 0.0172 e. The quantitative estimate of drug-likeness (QED) is 0.617. The molecule has 2 rings (SSSR count). The molecule has 1 nitrogen and oxygen atoms in total. The van der Waals surface area contributed by atoms with Gasteiger partial charge < -0.3 is 5.73 Å². The lowest BCUT2D eigenvalue weighted by atomic mass is 9.84. The second kappa shape index (κ2) is 2.33. The van der Waals surface area contributed by atoms with E-state index in [4.69, 9.17) is 5.73 Å². The Morgan fingerprint density at radius 1 is 1.33 bits per heavy atom. The molecule has 0 saturated heterocycles. The molecule has 1 atom stereocenters. The molecule has 2 N–H and O–H groups in total. The number of hydrogen-bond donors (Lipinski definition) is 1. The maximum atomic E-state index is 6.06. The number of nitrogens with two attached hydrogens (primary N) is 1. The van der Waals surface area contributed by atoms with E-state index in [-0.39, 0.29) is 11.5 Å². The number of benzene rings is 1. The number of rotatable bonds is 0. The van der Waals surface area contributed by atoms with Gasteiger partial charge in [-0.2, -0.15) is 0 Å². The molecule has 1 heteroatoms. The summed E-state index contributed by atoms with van der Waals surface area (Å²) in [7, 11) is 0. The van der Waals surface area contributed by atoms with Crippen molar-refractivity contribution in [1.29, 1.82) is 0 Å². The average molecular weight is 161 g/mol. The molecule has 64 valence electrons. The maximum Gasteiger partial charge on any atom is 0.0172 e. The van der Waals surface area contributed by atoms with Crippen LogP contribution in [0.4, 0.5) is 0 Å². The van der Waals surface area contributed by atoms with E-state index in [9.17, 15) is 0 Å². The van der Waals surface area contributed by atoms with Crippen molar-refractivity contribution in [2.24, 2.45) is 5.73 Å². The number of hydrogen-bond acceptors (Lipinski definition) is 1. The van der Waals surface area contributed by atoms with E-state index in [1.807, 2.05) is 0 Å². The van der Waals surface area contributed by atoms with Gasteiger partial charge in [-0.3, -0.25) is 0 Å². The summed E-state index contributed by atoms with van der Waals surface area (Å²) >= 11 is 0. The van der Waals surface area contributed by atoms with Crippen LogP contribution in [0.2, 0.25) is 0 Å². The van der Waals surface area contributed by atoms with Gasteiger partial charge in [-0.05, 0) is 17.5 Å². The largest absolute Gasteiger partial charge is 0.327 e. The SMILES string of the molecule is CC1(C)c2ccccc2C[C@H]1N. The van der Waals surface area contributed by atoms with Crippen molar-refractivity contribution in [2.75, 3.05) is 0 Å². The summed E-state index contributed by atoms with van der Waals surface area (Å²) in [5.74, 6) is 0. The Kier molecular flexibility index (Phi) is 1.52. The Bertz CT molecular complexity index is 302. The van der Waals surface area contributed by atoms with Crippen LogP contribution in [0.15, 0.2) is 24.3 Å². The van der Waals surface area contributed by atoms with Crippen molar-refractivity contribution >= 4 is 0 Å². The van der Waals surface area contributed by atoms with Crippen LogP contribution in [0, 0.1) is 0 Å². The summed E-state index contributed by atoms with van der Waals surface area (Å²) < 4.78 is 0. The minimum absolute atomic E-state index is 0.163. The van der Waals surface area contributed by atoms with Gasteiger partial charge in [0.05, 0.1) is 0 Å². The molecule has 0 saturated carbocycles. The molecule has 1 aromatic carbocycles. The molecule has 0 aliphatic heterocycles. The normalized spacial score (nSPS) is 25.4. The summed E-state index contributed by atoms with van der Waals surface area (Å²) in [5.41, 5.74) is 9.08. The van der Waals surface area contributed by atoms with Crippen molar-refractivity contribution in [3.8, 4) is 0 Å². The van der Waals surface area contributed by atoms with E-state index in [2.05, 4.69) is 38.1 Å². The van der Waals surface area contributed by atoms with E-state index < -0.39 is 0 Å². The zero-order valence-corrected chi connectivity index (χ0v) is 7.67. The second-order valence-corrected chi connectivity index (χ2v) is 4.19. The molecule has 1 aliphatic carbocycles. The predicted octanol–water partition coefficient (Wildman–Crippen LogP) is 1.85. The molecule has 0 heterocycles. The molecule has 0 unspecified atom stereocenters. The van der Waals surface area contributed by atoms with Crippen molar-refractivity contribution in [2.45, 2.75) is 31.7 Å². The van der Waals surface area contributed by atoms with Crippen LogP contribution in [0.5, 0.6) is 0 Å². The van der Waals surface area contributed by atoms with Gasteiger partial charge in [-0.15, -0.1) is 0 Å². The first-order valence-electron chi connectivity index (χ1n) is 4.46. The van der Waals surface area contributed by atoms with E-state index in [0.29, 0.717) is 0 Å². The summed E-state index contributed by atoms with van der Waals surface area (Å²) in [6.45, 7) is 4.45. The molecule has 1 aliphatic rings. The lowest BCUT2D eigenvalue weighted by molar-refractivity contribution is 0.445. The topological polar surface area (TPSA) is 26.0 Å². The third-order valence-corrected chi connectivity index (χ3v) is 3.08. The molecular formula is C11H15N. The highest BCUT2D eigenvalue weighted by Gasteiger charge is 2.36. The zero-order valence-electron chi connectivity index (χ0n) is 7.67. The molecule has 12 heavy (non-hydrogen) atoms. The first-order valence-corrected chi connectivity index (χ1v) is 4.46. The summed E-state index contributed by atoms with van der Waals surface area (Å²) in [6, 6.07) is 8.85. The molecular weight excluding hydrogens is 146 g/mol. The standard InChI is InChI=1S/C11H15N/c1-11(2)9-6-4-3-5-8(9)7-10(11)12/h3-6,10H,7,12H2,1-2H3/t10-/m1/s1. The van der Waals surface area contributed by atoms with E-state index in [0.717, 1.165) is 6.42 Å². The van der Waals surface area contributed by atoms with Gasteiger partial charge in [0, 0.05) is 11.5 Å². The fraction of sp³-hybridized carbons (Fsp3) is 0.455. The van der Waals surface area contributed by atoms with Gasteiger partial charge >= 0.3 is 0 Å². The first kappa shape index (κ1) is 7.81. The minimum Gasteiger partial charge on any atom is -0.327 e. The highest BCUT2D eigenvalue weighted by Crippen LogP contribution is 2.36. The monoisotopic (exact) mass is 161 g/mol. The zero-order chi connectivity index (χ0) is 8.77. The summed E-state index contributed by atoms with van der Waals surface area (Å²) in [4.78, 5) is 0. The fourth-order valence-electron chi connectivity index (χ4n) is 2.02. The van der Waals surface area contributed by atoms with Gasteiger partial charge in [0.1, 0.15) is 0 Å². The molecule has 0 spiro atoms. The van der Waals surface area contributed by atoms with Gasteiger partial charge in [-0.1, -0.05) is 38.1 Å². The molecule has 0 radical (unpaired) electrons. The number of fused-ring (bicyclic) bond motifs is 1. The molecule has 0 fully saturated rings. The second-order valence-electron chi connectivity index (χ2n) is 4.19. The van der Waals surface area contributed by atoms with Crippen molar-refractivity contribution in [3.63, 3.8) is 0 Å². The fourth-order valence-corrected chi connectivity index (χ4v) is 2.02. The molecule has 0 bridgehead atoms. The van der Waals surface area contributed by atoms with Crippen molar-refractivity contribution in [3.05, 3.63) is 35.4 Å². The van der Waals surface area contributed by atoms with Crippen LogP contribution < -0.4 is 5.73 Å². The van der Waals surface area contributed by atoms with E-state index in [1.165, 1.54) is 11.1 Å². The van der Waals surface area contributed by atoms with Crippen LogP contribution in [0.25, 0.3) is 0 Å². The lowest BCUT2D eigenvalue weighted by Gasteiger charge is -2.24. The summed E-state index contributed by atoms with van der Waals surface area (Å²) in [6.07, 6.45) is 1.03. The minimum atomic E-state index is 0.163. The van der Waals surface area contributed by atoms with Crippen LogP contribution in [-0.2, 0) is 11.8 Å². The lowest BCUT2D eigenvalue weighted by Crippen LogP contribution is -2.36. The third kappa shape index (κ3) is 0.896. The van der Waals surface area contributed by atoms with Crippen molar-refractivity contribution < 1.29 is 0 Å². The van der Waals surface area contributed by atoms with Crippen LogP contribution in [0.3, 0.4) is 0 Å². The average Bonchev–Trinajstić information content (AvgIpc) is 2.25. The van der Waals surface area contributed by atoms with Gasteiger partial charge in [0.2, 0.25) is 0 Å². The van der Waals surface area contributed by atoms with Gasteiger partial charge in [0.15, 0.2) is 0 Å². The predicted molar refractivity (Wildman–Crippen MR) is 51.1 cm³/mol. The Balaban J connectivity index is 2.55. The maximum absolute atomic E-state index is 6.06. The molecule has 0 amide bonds. The highest BCUT2D eigenvalue weighted by molar-refractivity contribution is 5.40. The Labute approximate surface area is 73.6 Å². The van der Waals surface area contributed by atoms with Crippen LogP contribution >= 0.6 is 0 Å². The van der Waals surface area contributed by atoms with Crippen molar-refractivity contribution in [1.82, 2.24) is 0 Å². The highest BCUT2D eigenvalue weighted by atomic mass is 14.7.